The van der Waals surface area contributed by atoms with E-state index < -0.39 is 5.91 Å². The summed E-state index contributed by atoms with van der Waals surface area (Å²) < 4.78 is 0. The highest BCUT2D eigenvalue weighted by Gasteiger charge is 2.42. The molecule has 2 aromatic rings. The number of primary amides is 1. The highest BCUT2D eigenvalue weighted by atomic mass is 16.2. The Labute approximate surface area is 242 Å². The van der Waals surface area contributed by atoms with Crippen LogP contribution >= 0.6 is 0 Å². The number of carbonyl (C=O) groups excluding carboxylic acids is 3. The normalized spacial score (nSPS) is 24.2. The van der Waals surface area contributed by atoms with E-state index >= 15 is 0 Å². The Morgan fingerprint density at radius 2 is 1.66 bits per heavy atom. The van der Waals surface area contributed by atoms with Gasteiger partial charge >= 0.3 is 0 Å². The van der Waals surface area contributed by atoms with Crippen LogP contribution in [0.25, 0.3) is 0 Å². The number of fused-ring (bicyclic) bond motifs is 2. The van der Waals surface area contributed by atoms with Gasteiger partial charge in [0.25, 0.3) is 11.8 Å². The zero-order chi connectivity index (χ0) is 28.3. The van der Waals surface area contributed by atoms with Crippen molar-refractivity contribution in [1.29, 1.82) is 0 Å². The molecule has 3 saturated heterocycles. The lowest BCUT2D eigenvalue weighted by Crippen LogP contribution is -2.50. The zero-order valence-corrected chi connectivity index (χ0v) is 23.8. The molecule has 4 N–H and O–H groups in total. The number of nitrogens with two attached hydrogens (primary N) is 1. The number of nitrogens with one attached hydrogen (secondary N) is 2. The number of Topliss-reactive ketones (excluding diaryl/α,β-unsaturated/α-hetero) is 1. The molecular formula is C32H42N6O3. The van der Waals surface area contributed by atoms with Crippen LogP contribution in [0.1, 0.15) is 95.3 Å². The van der Waals surface area contributed by atoms with E-state index in [-0.39, 0.29) is 17.7 Å². The molecule has 4 heterocycles. The number of nitrogens with zero attached hydrogens (tertiary/aromatic N) is 3. The Morgan fingerprint density at radius 3 is 2.32 bits per heavy atom. The topological polar surface area (TPSA) is 121 Å². The van der Waals surface area contributed by atoms with Crippen LogP contribution in [0.15, 0.2) is 36.5 Å². The monoisotopic (exact) mass is 558 g/mol. The van der Waals surface area contributed by atoms with E-state index in [1.807, 2.05) is 12.1 Å². The molecule has 0 spiro atoms. The number of amides is 2. The van der Waals surface area contributed by atoms with Crippen molar-refractivity contribution in [3.05, 3.63) is 53.2 Å². The Kier molecular flexibility index (Phi) is 8.23. The molecule has 3 atom stereocenters. The van der Waals surface area contributed by atoms with Crippen molar-refractivity contribution in [2.45, 2.75) is 82.3 Å². The quantitative estimate of drug-likeness (QED) is 0.357. The summed E-state index contributed by atoms with van der Waals surface area (Å²) in [6.07, 6.45) is 12.3. The number of hydrogen-bond donors (Lipinski definition) is 3. The van der Waals surface area contributed by atoms with Crippen molar-refractivity contribution < 1.29 is 14.4 Å². The summed E-state index contributed by atoms with van der Waals surface area (Å²) in [6, 6.07) is 9.69. The summed E-state index contributed by atoms with van der Waals surface area (Å²) in [5.41, 5.74) is 7.83. The number of rotatable bonds is 11. The van der Waals surface area contributed by atoms with Crippen molar-refractivity contribution in [1.82, 2.24) is 15.2 Å². The average molecular weight is 559 g/mol. The molecule has 2 amide bonds. The third kappa shape index (κ3) is 6.56. The van der Waals surface area contributed by atoms with Crippen LogP contribution in [-0.4, -0.2) is 71.8 Å². The Morgan fingerprint density at radius 1 is 0.927 bits per heavy atom. The average Bonchev–Trinajstić information content (AvgIpc) is 3.78. The fourth-order valence-electron chi connectivity index (χ4n) is 6.85. The number of pyridine rings is 1. The van der Waals surface area contributed by atoms with Crippen molar-refractivity contribution in [2.75, 3.05) is 36.4 Å². The molecule has 9 heteroatoms. The molecule has 4 fully saturated rings. The maximum atomic E-state index is 13.2. The SMILES string of the molecule is NC(=O)c1ccc(C(=O)NC2C[C@H]3CC[C@@H](C2)N3c2ccc(C(=O)CCN3CCCCC3)cn2)cc1NCC1CC1. The lowest BCUT2D eigenvalue weighted by molar-refractivity contribution is 0.0924. The van der Waals surface area contributed by atoms with Crippen LogP contribution in [0.3, 0.4) is 0 Å². The first-order valence-corrected chi connectivity index (χ1v) is 15.4. The number of hydrogen-bond acceptors (Lipinski definition) is 7. The highest BCUT2D eigenvalue weighted by molar-refractivity contribution is 6.02. The molecule has 4 aliphatic rings. The van der Waals surface area contributed by atoms with Crippen LogP contribution in [0.5, 0.6) is 0 Å². The fraction of sp³-hybridized carbons (Fsp3) is 0.562. The highest BCUT2D eigenvalue weighted by Crippen LogP contribution is 2.39. The van der Waals surface area contributed by atoms with E-state index in [1.165, 1.54) is 32.1 Å². The number of aromatic nitrogens is 1. The van der Waals surface area contributed by atoms with Gasteiger partial charge in [0, 0.05) is 60.6 Å². The lowest BCUT2D eigenvalue weighted by Gasteiger charge is -2.40. The van der Waals surface area contributed by atoms with Crippen molar-refractivity contribution in [3.8, 4) is 0 Å². The van der Waals surface area contributed by atoms with Crippen LogP contribution in [0.2, 0.25) is 0 Å². The summed E-state index contributed by atoms with van der Waals surface area (Å²) >= 11 is 0. The minimum absolute atomic E-state index is 0.0746. The van der Waals surface area contributed by atoms with E-state index in [9.17, 15) is 14.4 Å². The van der Waals surface area contributed by atoms with E-state index in [2.05, 4.69) is 20.4 Å². The van der Waals surface area contributed by atoms with Crippen molar-refractivity contribution in [2.24, 2.45) is 11.7 Å². The van der Waals surface area contributed by atoms with Gasteiger partial charge < -0.3 is 26.2 Å². The molecule has 218 valence electrons. The van der Waals surface area contributed by atoms with Crippen molar-refractivity contribution >= 4 is 29.1 Å². The molecule has 0 radical (unpaired) electrons. The van der Waals surface area contributed by atoms with Gasteiger partial charge in [-0.25, -0.2) is 4.98 Å². The minimum Gasteiger partial charge on any atom is -0.384 e. The van der Waals surface area contributed by atoms with Gasteiger partial charge in [-0.05, 0) is 101 Å². The molecular weight excluding hydrogens is 516 g/mol. The van der Waals surface area contributed by atoms with E-state index in [0.717, 1.165) is 57.7 Å². The standard InChI is InChI=1S/C32H42N6O3/c33-31(40)27-10-6-22(16-28(27)34-19-21-4-5-21)32(41)36-24-17-25-8-9-26(18-24)38(25)30-11-7-23(20-35-30)29(39)12-15-37-13-2-1-3-14-37/h6-7,10-11,16,20-21,24-26,34H,1-5,8-9,12-15,17-19H2,(H2,33,40)(H,36,41)/t24?,25-,26+. The van der Waals surface area contributed by atoms with E-state index in [1.54, 1.807) is 24.4 Å². The summed E-state index contributed by atoms with van der Waals surface area (Å²) in [5.74, 6) is 1.09. The predicted molar refractivity (Wildman–Crippen MR) is 159 cm³/mol. The summed E-state index contributed by atoms with van der Waals surface area (Å²) in [4.78, 5) is 47.4. The van der Waals surface area contributed by atoms with Crippen LogP contribution in [0, 0.1) is 5.92 Å². The van der Waals surface area contributed by atoms with Gasteiger partial charge in [0.15, 0.2) is 5.78 Å². The third-order valence-corrected chi connectivity index (χ3v) is 9.33. The molecule has 41 heavy (non-hydrogen) atoms. The first-order valence-electron chi connectivity index (χ1n) is 15.4. The van der Waals surface area contributed by atoms with Gasteiger partial charge in [-0.1, -0.05) is 6.42 Å². The Balaban J connectivity index is 1.04. The molecule has 6 rings (SSSR count). The second-order valence-corrected chi connectivity index (χ2v) is 12.4. The van der Waals surface area contributed by atoms with Gasteiger partial charge in [-0.15, -0.1) is 0 Å². The molecule has 1 saturated carbocycles. The van der Waals surface area contributed by atoms with E-state index in [0.29, 0.717) is 46.8 Å². The predicted octanol–water partition coefficient (Wildman–Crippen LogP) is 3.99. The van der Waals surface area contributed by atoms with E-state index in [4.69, 9.17) is 10.7 Å². The maximum absolute atomic E-state index is 13.2. The van der Waals surface area contributed by atoms with Gasteiger partial charge in [-0.3, -0.25) is 14.4 Å². The third-order valence-electron chi connectivity index (χ3n) is 9.33. The molecule has 1 aromatic heterocycles. The number of piperidine rings is 2. The summed E-state index contributed by atoms with van der Waals surface area (Å²) in [5, 5.41) is 6.57. The molecule has 9 nitrogen and oxygen atoms in total. The summed E-state index contributed by atoms with van der Waals surface area (Å²) in [6.45, 7) is 3.82. The number of benzene rings is 1. The first-order chi connectivity index (χ1) is 19.9. The van der Waals surface area contributed by atoms with Crippen molar-refractivity contribution in [3.63, 3.8) is 0 Å². The van der Waals surface area contributed by atoms with Gasteiger partial charge in [0.1, 0.15) is 5.82 Å². The molecule has 3 aliphatic heterocycles. The number of ketones is 1. The van der Waals surface area contributed by atoms with Crippen LogP contribution < -0.4 is 21.3 Å². The largest absolute Gasteiger partial charge is 0.384 e. The fourth-order valence-corrected chi connectivity index (χ4v) is 6.85. The smallest absolute Gasteiger partial charge is 0.251 e. The van der Waals surface area contributed by atoms with Gasteiger partial charge in [0.05, 0.1) is 5.56 Å². The molecule has 1 aromatic carbocycles. The second-order valence-electron chi connectivity index (χ2n) is 12.4. The number of likely N-dealkylation sites (tertiary alicyclic amines) is 1. The number of anilines is 2. The second kappa shape index (κ2) is 12.2. The van der Waals surface area contributed by atoms with Crippen LogP contribution in [-0.2, 0) is 0 Å². The van der Waals surface area contributed by atoms with Crippen LogP contribution in [0.4, 0.5) is 11.5 Å². The lowest BCUT2D eigenvalue weighted by atomic mass is 9.96. The maximum Gasteiger partial charge on any atom is 0.251 e. The molecule has 2 bridgehead atoms. The first kappa shape index (κ1) is 27.7. The Bertz CT molecular complexity index is 1260. The molecule has 1 unspecified atom stereocenters. The molecule has 1 aliphatic carbocycles. The zero-order valence-electron chi connectivity index (χ0n) is 23.8. The number of carbonyl (C=O) groups is 3. The van der Waals surface area contributed by atoms with Gasteiger partial charge in [0.2, 0.25) is 0 Å². The van der Waals surface area contributed by atoms with Gasteiger partial charge in [-0.2, -0.15) is 0 Å². The summed E-state index contributed by atoms with van der Waals surface area (Å²) in [7, 11) is 0. The minimum atomic E-state index is -0.498. The Hall–Kier alpha value is -3.46.